The standard InChI is InChI=1S/C22H22N6O/c29-22(19-16-27-11-4-2-6-20(27)25-19)26-12-7-17(8-13-26)21-24-10-14-28(21)15-18-5-1-3-9-23-18/h1-6,9-11,14,16-17H,7-8,12-13,15H2. The maximum Gasteiger partial charge on any atom is 0.274 e. The molecule has 1 fully saturated rings. The lowest BCUT2D eigenvalue weighted by Crippen LogP contribution is -2.38. The van der Waals surface area contributed by atoms with Gasteiger partial charge in [0.25, 0.3) is 5.91 Å². The number of carbonyl (C=O) groups is 1. The van der Waals surface area contributed by atoms with Crippen LogP contribution in [0.1, 0.15) is 40.8 Å². The predicted molar refractivity (Wildman–Crippen MR) is 109 cm³/mol. The average Bonchev–Trinajstić information content (AvgIpc) is 3.41. The molecule has 1 amide bonds. The van der Waals surface area contributed by atoms with Gasteiger partial charge >= 0.3 is 0 Å². The van der Waals surface area contributed by atoms with Crippen molar-refractivity contribution in [1.29, 1.82) is 0 Å². The highest BCUT2D eigenvalue weighted by molar-refractivity contribution is 5.93. The molecule has 0 saturated carbocycles. The van der Waals surface area contributed by atoms with Crippen LogP contribution in [0.25, 0.3) is 5.65 Å². The molecular weight excluding hydrogens is 364 g/mol. The number of likely N-dealkylation sites (tertiary alicyclic amines) is 1. The summed E-state index contributed by atoms with van der Waals surface area (Å²) in [6, 6.07) is 11.7. The first-order valence-electron chi connectivity index (χ1n) is 9.92. The van der Waals surface area contributed by atoms with E-state index in [1.54, 1.807) is 0 Å². The molecule has 0 aliphatic carbocycles. The van der Waals surface area contributed by atoms with E-state index in [4.69, 9.17) is 0 Å². The SMILES string of the molecule is O=C(c1cn2ccccc2n1)N1CCC(c2nccn2Cc2ccccn2)CC1. The van der Waals surface area contributed by atoms with Crippen LogP contribution in [-0.4, -0.2) is 47.8 Å². The normalized spacial score (nSPS) is 15.1. The first-order chi connectivity index (χ1) is 14.3. The summed E-state index contributed by atoms with van der Waals surface area (Å²) in [6.45, 7) is 2.15. The van der Waals surface area contributed by atoms with E-state index in [0.29, 0.717) is 24.7 Å². The summed E-state index contributed by atoms with van der Waals surface area (Å²) in [7, 11) is 0. The number of hydrogen-bond acceptors (Lipinski definition) is 4. The second-order valence-corrected chi connectivity index (χ2v) is 7.39. The number of pyridine rings is 2. The van der Waals surface area contributed by atoms with Gasteiger partial charge in [0.15, 0.2) is 0 Å². The van der Waals surface area contributed by atoms with Crippen LogP contribution in [0.15, 0.2) is 67.4 Å². The Bertz CT molecular complexity index is 1090. The zero-order valence-corrected chi connectivity index (χ0v) is 16.1. The molecule has 0 spiro atoms. The predicted octanol–water partition coefficient (Wildman–Crippen LogP) is 2.99. The van der Waals surface area contributed by atoms with Crippen molar-refractivity contribution in [3.8, 4) is 0 Å². The van der Waals surface area contributed by atoms with Crippen LogP contribution < -0.4 is 0 Å². The number of nitrogens with zero attached hydrogens (tertiary/aromatic N) is 6. The van der Waals surface area contributed by atoms with Gasteiger partial charge in [0.05, 0.1) is 12.2 Å². The van der Waals surface area contributed by atoms with Crippen LogP contribution in [0.5, 0.6) is 0 Å². The Balaban J connectivity index is 1.26. The highest BCUT2D eigenvalue weighted by Gasteiger charge is 2.28. The molecular formula is C22H22N6O. The molecule has 0 N–H and O–H groups in total. The summed E-state index contributed by atoms with van der Waals surface area (Å²) in [6.07, 6.45) is 11.2. The summed E-state index contributed by atoms with van der Waals surface area (Å²) in [5, 5.41) is 0. The highest BCUT2D eigenvalue weighted by Crippen LogP contribution is 2.28. The van der Waals surface area contributed by atoms with E-state index < -0.39 is 0 Å². The highest BCUT2D eigenvalue weighted by atomic mass is 16.2. The summed E-state index contributed by atoms with van der Waals surface area (Å²) in [4.78, 5) is 28.3. The van der Waals surface area contributed by atoms with Gasteiger partial charge in [0, 0.05) is 50.0 Å². The fourth-order valence-electron chi connectivity index (χ4n) is 4.02. The van der Waals surface area contributed by atoms with E-state index in [2.05, 4.69) is 19.5 Å². The lowest BCUT2D eigenvalue weighted by atomic mass is 9.95. The third kappa shape index (κ3) is 3.51. The molecule has 0 unspecified atom stereocenters. The minimum absolute atomic E-state index is 0.00368. The van der Waals surface area contributed by atoms with Gasteiger partial charge in [-0.3, -0.25) is 9.78 Å². The smallest absolute Gasteiger partial charge is 0.274 e. The molecule has 7 nitrogen and oxygen atoms in total. The van der Waals surface area contributed by atoms with E-state index in [-0.39, 0.29) is 5.91 Å². The first kappa shape index (κ1) is 17.6. The molecule has 0 bridgehead atoms. The second-order valence-electron chi connectivity index (χ2n) is 7.39. The third-order valence-electron chi connectivity index (χ3n) is 5.54. The Labute approximate surface area is 168 Å². The molecule has 1 aliphatic heterocycles. The number of fused-ring (bicyclic) bond motifs is 1. The van der Waals surface area contributed by atoms with Crippen LogP contribution in [0.2, 0.25) is 0 Å². The number of hydrogen-bond donors (Lipinski definition) is 0. The molecule has 0 atom stereocenters. The third-order valence-corrected chi connectivity index (χ3v) is 5.54. The zero-order valence-electron chi connectivity index (χ0n) is 16.1. The largest absolute Gasteiger partial charge is 0.337 e. The quantitative estimate of drug-likeness (QED) is 0.541. The van der Waals surface area contributed by atoms with Crippen molar-refractivity contribution in [3.63, 3.8) is 0 Å². The lowest BCUT2D eigenvalue weighted by molar-refractivity contribution is 0.0705. The maximum atomic E-state index is 12.9. The molecule has 5 rings (SSSR count). The number of imidazole rings is 2. The van der Waals surface area contributed by atoms with Crippen molar-refractivity contribution in [2.24, 2.45) is 0 Å². The van der Waals surface area contributed by atoms with Crippen molar-refractivity contribution in [2.45, 2.75) is 25.3 Å². The van der Waals surface area contributed by atoms with Crippen LogP contribution in [0, 0.1) is 0 Å². The topological polar surface area (TPSA) is 68.3 Å². The zero-order chi connectivity index (χ0) is 19.6. The number of amides is 1. The van der Waals surface area contributed by atoms with Gasteiger partial charge in [0.2, 0.25) is 0 Å². The maximum absolute atomic E-state index is 12.9. The Hall–Kier alpha value is -3.48. The summed E-state index contributed by atoms with van der Waals surface area (Å²) in [5.41, 5.74) is 2.32. The van der Waals surface area contributed by atoms with Gasteiger partial charge in [-0.2, -0.15) is 0 Å². The van der Waals surface area contributed by atoms with E-state index in [0.717, 1.165) is 36.6 Å². The molecule has 1 saturated heterocycles. The monoisotopic (exact) mass is 386 g/mol. The van der Waals surface area contributed by atoms with Crippen molar-refractivity contribution < 1.29 is 4.79 Å². The van der Waals surface area contributed by atoms with E-state index in [1.165, 1.54) is 0 Å². The molecule has 0 aromatic carbocycles. The van der Waals surface area contributed by atoms with Crippen molar-refractivity contribution in [3.05, 3.63) is 84.6 Å². The van der Waals surface area contributed by atoms with Gasteiger partial charge in [-0.25, -0.2) is 9.97 Å². The molecule has 146 valence electrons. The van der Waals surface area contributed by atoms with Gasteiger partial charge < -0.3 is 13.9 Å². The second kappa shape index (κ2) is 7.50. The van der Waals surface area contributed by atoms with Gasteiger partial charge in [-0.1, -0.05) is 12.1 Å². The van der Waals surface area contributed by atoms with Crippen LogP contribution in [0.4, 0.5) is 0 Å². The summed E-state index contributed by atoms with van der Waals surface area (Å²) in [5.74, 6) is 1.43. The average molecular weight is 386 g/mol. The van der Waals surface area contributed by atoms with Crippen molar-refractivity contribution in [1.82, 2.24) is 28.8 Å². The molecule has 1 aliphatic rings. The summed E-state index contributed by atoms with van der Waals surface area (Å²) >= 11 is 0. The lowest BCUT2D eigenvalue weighted by Gasteiger charge is -2.31. The minimum Gasteiger partial charge on any atom is -0.337 e. The van der Waals surface area contributed by atoms with Crippen molar-refractivity contribution in [2.75, 3.05) is 13.1 Å². The Morgan fingerprint density at radius 1 is 1.00 bits per heavy atom. The van der Waals surface area contributed by atoms with E-state index in [1.807, 2.05) is 76.7 Å². The van der Waals surface area contributed by atoms with Crippen LogP contribution in [0.3, 0.4) is 0 Å². The Morgan fingerprint density at radius 3 is 2.66 bits per heavy atom. The molecule has 29 heavy (non-hydrogen) atoms. The van der Waals surface area contributed by atoms with Crippen molar-refractivity contribution >= 4 is 11.6 Å². The van der Waals surface area contributed by atoms with Gasteiger partial charge in [-0.15, -0.1) is 0 Å². The molecule has 0 radical (unpaired) electrons. The van der Waals surface area contributed by atoms with Gasteiger partial charge in [-0.05, 0) is 37.1 Å². The minimum atomic E-state index is 0.00368. The molecule has 5 heterocycles. The fourth-order valence-corrected chi connectivity index (χ4v) is 4.02. The first-order valence-corrected chi connectivity index (χ1v) is 9.92. The molecule has 7 heteroatoms. The number of piperidine rings is 1. The molecule has 4 aromatic rings. The van der Waals surface area contributed by atoms with Crippen LogP contribution >= 0.6 is 0 Å². The van der Waals surface area contributed by atoms with E-state index >= 15 is 0 Å². The van der Waals surface area contributed by atoms with E-state index in [9.17, 15) is 4.79 Å². The van der Waals surface area contributed by atoms with Crippen LogP contribution in [-0.2, 0) is 6.54 Å². The molecule has 4 aromatic heterocycles. The Morgan fingerprint density at radius 2 is 1.86 bits per heavy atom. The number of aromatic nitrogens is 5. The number of rotatable bonds is 4. The Kier molecular flexibility index (Phi) is 4.56. The summed E-state index contributed by atoms with van der Waals surface area (Å²) < 4.78 is 4.06. The van der Waals surface area contributed by atoms with Gasteiger partial charge in [0.1, 0.15) is 17.2 Å². The fraction of sp³-hybridized carbons (Fsp3) is 0.273. The number of carbonyl (C=O) groups excluding carboxylic acids is 1.